The van der Waals surface area contributed by atoms with Gasteiger partial charge in [-0.1, -0.05) is 31.0 Å². The van der Waals surface area contributed by atoms with E-state index in [9.17, 15) is 9.18 Å². The van der Waals surface area contributed by atoms with Gasteiger partial charge in [-0.2, -0.15) is 0 Å². The molecule has 1 atom stereocenters. The summed E-state index contributed by atoms with van der Waals surface area (Å²) in [6, 6.07) is 6.92. The fourth-order valence-electron chi connectivity index (χ4n) is 2.62. The molecule has 0 saturated heterocycles. The molecule has 0 bridgehead atoms. The minimum Gasteiger partial charge on any atom is -0.298 e. The normalized spacial score (nSPS) is 20.6. The van der Waals surface area contributed by atoms with Crippen LogP contribution in [0.25, 0.3) is 0 Å². The molecule has 0 aliphatic heterocycles. The molecular formula is C14H17FO. The summed E-state index contributed by atoms with van der Waals surface area (Å²) in [5.74, 6) is 0.106. The zero-order valence-corrected chi connectivity index (χ0v) is 9.58. The number of rotatable bonds is 3. The molecular weight excluding hydrogens is 203 g/mol. The van der Waals surface area contributed by atoms with E-state index < -0.39 is 5.67 Å². The number of carbonyl (C=O) groups excluding carboxylic acids is 1. The van der Waals surface area contributed by atoms with Crippen LogP contribution in [-0.2, 0) is 5.67 Å². The monoisotopic (exact) mass is 220 g/mol. The van der Waals surface area contributed by atoms with Crippen LogP contribution in [0, 0.1) is 5.92 Å². The minimum absolute atomic E-state index is 0.106. The molecule has 1 aromatic rings. The van der Waals surface area contributed by atoms with Gasteiger partial charge in [0, 0.05) is 5.56 Å². The van der Waals surface area contributed by atoms with Gasteiger partial charge < -0.3 is 0 Å². The predicted molar refractivity (Wildman–Crippen MR) is 62.2 cm³/mol. The molecule has 0 aromatic heterocycles. The van der Waals surface area contributed by atoms with Crippen LogP contribution in [0.2, 0.25) is 0 Å². The molecule has 0 spiro atoms. The number of aldehydes is 1. The van der Waals surface area contributed by atoms with Gasteiger partial charge in [0.15, 0.2) is 0 Å². The molecule has 1 unspecified atom stereocenters. The van der Waals surface area contributed by atoms with Crippen molar-refractivity contribution < 1.29 is 9.18 Å². The van der Waals surface area contributed by atoms with E-state index >= 15 is 0 Å². The average Bonchev–Trinajstić information content (AvgIpc) is 2.83. The maximum Gasteiger partial charge on any atom is 0.150 e. The Morgan fingerprint density at radius 3 is 2.69 bits per heavy atom. The summed E-state index contributed by atoms with van der Waals surface area (Å²) in [6.07, 6.45) is 4.93. The third-order valence-electron chi connectivity index (χ3n) is 3.71. The van der Waals surface area contributed by atoms with Crippen LogP contribution in [0.3, 0.4) is 0 Å². The molecule has 1 fully saturated rings. The fraction of sp³-hybridized carbons (Fsp3) is 0.500. The third-order valence-corrected chi connectivity index (χ3v) is 3.71. The Bertz CT molecular complexity index is 378. The standard InChI is InChI=1S/C14H17FO/c1-14(15,12-6-2-3-7-12)13-8-4-5-11(9-13)10-16/h4-5,8-10,12H,2-3,6-7H2,1H3. The quantitative estimate of drug-likeness (QED) is 0.706. The summed E-state index contributed by atoms with van der Waals surface area (Å²) in [4.78, 5) is 10.7. The summed E-state index contributed by atoms with van der Waals surface area (Å²) < 4.78 is 14.7. The van der Waals surface area contributed by atoms with Crippen LogP contribution in [-0.4, -0.2) is 6.29 Å². The fourth-order valence-corrected chi connectivity index (χ4v) is 2.62. The van der Waals surface area contributed by atoms with E-state index in [-0.39, 0.29) is 5.92 Å². The first-order valence-electron chi connectivity index (χ1n) is 5.89. The zero-order chi connectivity index (χ0) is 11.6. The van der Waals surface area contributed by atoms with Crippen molar-refractivity contribution in [2.45, 2.75) is 38.3 Å². The van der Waals surface area contributed by atoms with Crippen molar-refractivity contribution in [2.24, 2.45) is 5.92 Å². The van der Waals surface area contributed by atoms with Gasteiger partial charge in [-0.05, 0) is 37.3 Å². The second-order valence-corrected chi connectivity index (χ2v) is 4.80. The largest absolute Gasteiger partial charge is 0.298 e. The predicted octanol–water partition coefficient (Wildman–Crippen LogP) is 3.87. The van der Waals surface area contributed by atoms with E-state index in [0.29, 0.717) is 11.1 Å². The topological polar surface area (TPSA) is 17.1 Å². The molecule has 0 amide bonds. The van der Waals surface area contributed by atoms with Crippen LogP contribution in [0.15, 0.2) is 24.3 Å². The van der Waals surface area contributed by atoms with Gasteiger partial charge >= 0.3 is 0 Å². The molecule has 1 nitrogen and oxygen atoms in total. The lowest BCUT2D eigenvalue weighted by molar-refractivity contribution is 0.104. The van der Waals surface area contributed by atoms with Crippen molar-refractivity contribution in [2.75, 3.05) is 0 Å². The Balaban J connectivity index is 2.29. The average molecular weight is 220 g/mol. The smallest absolute Gasteiger partial charge is 0.150 e. The van der Waals surface area contributed by atoms with E-state index in [1.165, 1.54) is 0 Å². The van der Waals surface area contributed by atoms with Crippen LogP contribution in [0.4, 0.5) is 4.39 Å². The van der Waals surface area contributed by atoms with Gasteiger partial charge in [0.1, 0.15) is 12.0 Å². The maximum absolute atomic E-state index is 14.7. The SMILES string of the molecule is CC(F)(c1cccc(C=O)c1)C1CCCC1. The number of halogens is 1. The summed E-state index contributed by atoms with van der Waals surface area (Å²) >= 11 is 0. The van der Waals surface area contributed by atoms with Crippen molar-refractivity contribution in [1.29, 1.82) is 0 Å². The summed E-state index contributed by atoms with van der Waals surface area (Å²) in [5.41, 5.74) is -0.0985. The van der Waals surface area contributed by atoms with Crippen LogP contribution in [0.5, 0.6) is 0 Å². The first-order chi connectivity index (χ1) is 7.64. The Hall–Kier alpha value is -1.18. The van der Waals surface area contributed by atoms with E-state index in [2.05, 4.69) is 0 Å². The van der Waals surface area contributed by atoms with Gasteiger partial charge in [0.2, 0.25) is 0 Å². The molecule has 16 heavy (non-hydrogen) atoms. The molecule has 0 radical (unpaired) electrons. The molecule has 1 aliphatic rings. The van der Waals surface area contributed by atoms with Crippen molar-refractivity contribution in [3.63, 3.8) is 0 Å². The molecule has 2 heteroatoms. The van der Waals surface area contributed by atoms with Gasteiger partial charge in [-0.15, -0.1) is 0 Å². The maximum atomic E-state index is 14.7. The first-order valence-corrected chi connectivity index (χ1v) is 5.89. The molecule has 86 valence electrons. The van der Waals surface area contributed by atoms with E-state index in [4.69, 9.17) is 0 Å². The molecule has 2 rings (SSSR count). The summed E-state index contributed by atoms with van der Waals surface area (Å²) in [7, 11) is 0. The third kappa shape index (κ3) is 2.01. The second kappa shape index (κ2) is 4.36. The van der Waals surface area contributed by atoms with Crippen molar-refractivity contribution in [1.82, 2.24) is 0 Å². The Labute approximate surface area is 95.7 Å². The second-order valence-electron chi connectivity index (χ2n) is 4.80. The van der Waals surface area contributed by atoms with Gasteiger partial charge in [0.25, 0.3) is 0 Å². The van der Waals surface area contributed by atoms with Crippen molar-refractivity contribution in [3.05, 3.63) is 35.4 Å². The highest BCUT2D eigenvalue weighted by Crippen LogP contribution is 2.43. The molecule has 0 heterocycles. The van der Waals surface area contributed by atoms with Crippen molar-refractivity contribution in [3.8, 4) is 0 Å². The zero-order valence-electron chi connectivity index (χ0n) is 9.58. The number of carbonyl (C=O) groups is 1. The summed E-state index contributed by atoms with van der Waals surface area (Å²) in [6.45, 7) is 1.65. The number of hydrogen-bond donors (Lipinski definition) is 0. The summed E-state index contributed by atoms with van der Waals surface area (Å²) in [5, 5.41) is 0. The highest BCUT2D eigenvalue weighted by atomic mass is 19.1. The van der Waals surface area contributed by atoms with E-state index in [0.717, 1.165) is 32.0 Å². The molecule has 1 aromatic carbocycles. The van der Waals surface area contributed by atoms with Crippen LogP contribution in [0.1, 0.15) is 48.5 Å². The Morgan fingerprint density at radius 1 is 1.38 bits per heavy atom. The van der Waals surface area contributed by atoms with Gasteiger partial charge in [-0.25, -0.2) is 4.39 Å². The lowest BCUT2D eigenvalue weighted by Crippen LogP contribution is -2.25. The molecule has 0 N–H and O–H groups in total. The lowest BCUT2D eigenvalue weighted by atomic mass is 9.83. The number of benzene rings is 1. The highest BCUT2D eigenvalue weighted by molar-refractivity contribution is 5.75. The van der Waals surface area contributed by atoms with Crippen LogP contribution >= 0.6 is 0 Å². The lowest BCUT2D eigenvalue weighted by Gasteiger charge is -2.28. The molecule has 1 saturated carbocycles. The van der Waals surface area contributed by atoms with Crippen LogP contribution < -0.4 is 0 Å². The van der Waals surface area contributed by atoms with Gasteiger partial charge in [0.05, 0.1) is 0 Å². The highest BCUT2D eigenvalue weighted by Gasteiger charge is 2.37. The number of hydrogen-bond acceptors (Lipinski definition) is 1. The van der Waals surface area contributed by atoms with Gasteiger partial charge in [-0.3, -0.25) is 4.79 Å². The Kier molecular flexibility index (Phi) is 3.08. The Morgan fingerprint density at radius 2 is 2.06 bits per heavy atom. The molecule has 1 aliphatic carbocycles. The minimum atomic E-state index is -1.30. The number of alkyl halides is 1. The van der Waals surface area contributed by atoms with E-state index in [1.54, 1.807) is 31.2 Å². The van der Waals surface area contributed by atoms with Crippen molar-refractivity contribution >= 4 is 6.29 Å². The van der Waals surface area contributed by atoms with E-state index in [1.807, 2.05) is 0 Å². The first kappa shape index (κ1) is 11.3.